The predicted octanol–water partition coefficient (Wildman–Crippen LogP) is 0.936. The highest BCUT2D eigenvalue weighted by Gasteiger charge is 2.11. The van der Waals surface area contributed by atoms with Crippen molar-refractivity contribution in [3.63, 3.8) is 0 Å². The van der Waals surface area contributed by atoms with E-state index in [9.17, 15) is 8.42 Å². The maximum atomic E-state index is 11.2. The Morgan fingerprint density at radius 2 is 2.17 bits per heavy atom. The number of allylic oxidation sites excluding steroid dienone is 5. The maximum absolute atomic E-state index is 11.2. The summed E-state index contributed by atoms with van der Waals surface area (Å²) in [6.45, 7) is 0. The van der Waals surface area contributed by atoms with Gasteiger partial charge in [-0.3, -0.25) is 0 Å². The topological polar surface area (TPSA) is 46.2 Å². The van der Waals surface area contributed by atoms with Gasteiger partial charge < -0.3 is 0 Å². The SMILES string of the molecule is CNS(=O)(=O)C1=CCC=CC=C1. The van der Waals surface area contributed by atoms with Gasteiger partial charge in [-0.25, -0.2) is 13.1 Å². The first-order chi connectivity index (χ1) is 5.67. The second kappa shape index (κ2) is 3.69. The average molecular weight is 185 g/mol. The molecule has 0 bridgehead atoms. The van der Waals surface area contributed by atoms with Crippen LogP contribution >= 0.6 is 0 Å². The highest BCUT2D eigenvalue weighted by molar-refractivity contribution is 7.93. The van der Waals surface area contributed by atoms with Gasteiger partial charge in [-0.05, 0) is 19.5 Å². The number of nitrogens with one attached hydrogen (secondary N) is 1. The fourth-order valence-electron chi connectivity index (χ4n) is 0.877. The lowest BCUT2D eigenvalue weighted by atomic mass is 10.4. The van der Waals surface area contributed by atoms with E-state index in [0.29, 0.717) is 11.3 Å². The highest BCUT2D eigenvalue weighted by Crippen LogP contribution is 2.10. The molecule has 0 saturated carbocycles. The van der Waals surface area contributed by atoms with Crippen molar-refractivity contribution in [2.75, 3.05) is 7.05 Å². The lowest BCUT2D eigenvalue weighted by Gasteiger charge is -2.00. The zero-order chi connectivity index (χ0) is 9.03. The van der Waals surface area contributed by atoms with Crippen LogP contribution in [0.25, 0.3) is 0 Å². The molecule has 4 heteroatoms. The van der Waals surface area contributed by atoms with E-state index in [1.54, 1.807) is 18.2 Å². The molecule has 0 aromatic carbocycles. The number of sulfonamides is 1. The Hall–Kier alpha value is -0.870. The Bertz CT molecular complexity index is 336. The molecule has 0 atom stereocenters. The van der Waals surface area contributed by atoms with Gasteiger partial charge in [0.25, 0.3) is 0 Å². The fraction of sp³-hybridized carbons (Fsp3) is 0.250. The smallest absolute Gasteiger partial charge is 0.214 e. The first kappa shape index (κ1) is 9.22. The van der Waals surface area contributed by atoms with Gasteiger partial charge in [-0.15, -0.1) is 0 Å². The molecule has 12 heavy (non-hydrogen) atoms. The Morgan fingerprint density at radius 1 is 1.42 bits per heavy atom. The van der Waals surface area contributed by atoms with Gasteiger partial charge in [0.2, 0.25) is 10.0 Å². The molecule has 3 nitrogen and oxygen atoms in total. The molecule has 66 valence electrons. The monoisotopic (exact) mass is 185 g/mol. The lowest BCUT2D eigenvalue weighted by Crippen LogP contribution is -2.19. The minimum atomic E-state index is -3.26. The minimum absolute atomic E-state index is 0.329. The van der Waals surface area contributed by atoms with E-state index in [4.69, 9.17) is 0 Å². The molecule has 0 unspecified atom stereocenters. The summed E-state index contributed by atoms with van der Waals surface area (Å²) in [5.74, 6) is 0. The Kier molecular flexibility index (Phi) is 2.83. The molecule has 0 heterocycles. The van der Waals surface area contributed by atoms with E-state index in [1.807, 2.05) is 12.2 Å². The van der Waals surface area contributed by atoms with Gasteiger partial charge in [-0.1, -0.05) is 24.3 Å². The molecule has 1 aliphatic rings. The first-order valence-electron chi connectivity index (χ1n) is 3.64. The van der Waals surface area contributed by atoms with Crippen molar-refractivity contribution < 1.29 is 8.42 Å². The van der Waals surface area contributed by atoms with Gasteiger partial charge in [-0.2, -0.15) is 0 Å². The first-order valence-corrected chi connectivity index (χ1v) is 5.12. The molecular weight excluding hydrogens is 174 g/mol. The van der Waals surface area contributed by atoms with E-state index in [-0.39, 0.29) is 0 Å². The molecule has 0 aromatic rings. The third kappa shape index (κ3) is 2.06. The van der Waals surface area contributed by atoms with Crippen LogP contribution in [0, 0.1) is 0 Å². The standard InChI is InChI=1S/C8H11NO2S/c1-9-12(10,11)8-6-4-2-3-5-7-8/h2-4,6-7,9H,5H2,1H3. The summed E-state index contributed by atoms with van der Waals surface area (Å²) in [4.78, 5) is 0.329. The molecule has 0 aliphatic heterocycles. The van der Waals surface area contributed by atoms with E-state index in [0.717, 1.165) is 0 Å². The quantitative estimate of drug-likeness (QED) is 0.695. The molecule has 1 rings (SSSR count). The Labute approximate surface area is 72.5 Å². The number of hydrogen-bond donors (Lipinski definition) is 1. The van der Waals surface area contributed by atoms with E-state index in [1.165, 1.54) is 7.05 Å². The maximum Gasteiger partial charge on any atom is 0.239 e. The van der Waals surface area contributed by atoms with Crippen LogP contribution in [0.3, 0.4) is 0 Å². The van der Waals surface area contributed by atoms with Crippen LogP contribution in [0.2, 0.25) is 0 Å². The van der Waals surface area contributed by atoms with Crippen molar-refractivity contribution in [1.82, 2.24) is 4.72 Å². The van der Waals surface area contributed by atoms with Gasteiger partial charge in [0, 0.05) is 0 Å². The third-order valence-corrected chi connectivity index (χ3v) is 3.00. The van der Waals surface area contributed by atoms with Crippen molar-refractivity contribution in [1.29, 1.82) is 0 Å². The second-order valence-corrected chi connectivity index (χ2v) is 4.22. The summed E-state index contributed by atoms with van der Waals surface area (Å²) in [5.41, 5.74) is 0. The van der Waals surface area contributed by atoms with Gasteiger partial charge in [0.1, 0.15) is 0 Å². The van der Waals surface area contributed by atoms with Crippen LogP contribution in [0.4, 0.5) is 0 Å². The summed E-state index contributed by atoms with van der Waals surface area (Å²) in [5, 5.41) is 0. The Morgan fingerprint density at radius 3 is 2.83 bits per heavy atom. The van der Waals surface area contributed by atoms with Gasteiger partial charge in [0.05, 0.1) is 4.91 Å². The van der Waals surface area contributed by atoms with Gasteiger partial charge in [0.15, 0.2) is 0 Å². The largest absolute Gasteiger partial charge is 0.239 e. The molecule has 0 fully saturated rings. The van der Waals surface area contributed by atoms with Crippen LogP contribution < -0.4 is 4.72 Å². The van der Waals surface area contributed by atoms with Crippen LogP contribution in [0.15, 0.2) is 35.3 Å². The van der Waals surface area contributed by atoms with E-state index >= 15 is 0 Å². The summed E-state index contributed by atoms with van der Waals surface area (Å²) in [6.07, 6.45) is 9.35. The highest BCUT2D eigenvalue weighted by atomic mass is 32.2. The minimum Gasteiger partial charge on any atom is -0.214 e. The number of hydrogen-bond acceptors (Lipinski definition) is 2. The summed E-state index contributed by atoms with van der Waals surface area (Å²) < 4.78 is 24.8. The Balaban J connectivity index is 2.98. The molecule has 0 amide bonds. The second-order valence-electron chi connectivity index (χ2n) is 2.34. The lowest BCUT2D eigenvalue weighted by molar-refractivity contribution is 0.595. The van der Waals surface area contributed by atoms with E-state index < -0.39 is 10.0 Å². The van der Waals surface area contributed by atoms with Crippen molar-refractivity contribution >= 4 is 10.0 Å². The van der Waals surface area contributed by atoms with Crippen molar-refractivity contribution in [2.45, 2.75) is 6.42 Å². The van der Waals surface area contributed by atoms with Crippen molar-refractivity contribution in [3.05, 3.63) is 35.3 Å². The van der Waals surface area contributed by atoms with Crippen molar-refractivity contribution in [2.24, 2.45) is 0 Å². The molecule has 0 saturated heterocycles. The van der Waals surface area contributed by atoms with Crippen LogP contribution in [0.1, 0.15) is 6.42 Å². The molecule has 0 aromatic heterocycles. The average Bonchev–Trinajstić information content (AvgIpc) is 2.32. The molecule has 0 radical (unpaired) electrons. The van der Waals surface area contributed by atoms with Crippen LogP contribution in [-0.4, -0.2) is 15.5 Å². The zero-order valence-electron chi connectivity index (χ0n) is 6.82. The third-order valence-electron chi connectivity index (χ3n) is 1.54. The molecular formula is C8H11NO2S. The summed E-state index contributed by atoms with van der Waals surface area (Å²) in [6, 6.07) is 0. The summed E-state index contributed by atoms with van der Waals surface area (Å²) in [7, 11) is -1.86. The van der Waals surface area contributed by atoms with Crippen LogP contribution in [0.5, 0.6) is 0 Å². The predicted molar refractivity (Wildman–Crippen MR) is 49.0 cm³/mol. The van der Waals surface area contributed by atoms with Gasteiger partial charge >= 0.3 is 0 Å². The molecule has 1 aliphatic carbocycles. The zero-order valence-corrected chi connectivity index (χ0v) is 7.64. The fourth-order valence-corrected chi connectivity index (χ4v) is 1.69. The number of rotatable bonds is 2. The molecule has 1 N–H and O–H groups in total. The van der Waals surface area contributed by atoms with Crippen LogP contribution in [-0.2, 0) is 10.0 Å². The van der Waals surface area contributed by atoms with Crippen molar-refractivity contribution in [3.8, 4) is 0 Å². The van der Waals surface area contributed by atoms with E-state index in [2.05, 4.69) is 4.72 Å². The molecule has 0 spiro atoms. The normalized spacial score (nSPS) is 17.2. The summed E-state index contributed by atoms with van der Waals surface area (Å²) >= 11 is 0.